The summed E-state index contributed by atoms with van der Waals surface area (Å²) in [6, 6.07) is 5.27. The molecule has 3 heteroatoms. The molecule has 0 radical (unpaired) electrons. The second-order valence-corrected chi connectivity index (χ2v) is 4.73. The lowest BCUT2D eigenvalue weighted by Crippen LogP contribution is -2.32. The number of anilines is 1. The number of nitrogens with two attached hydrogens (primary N) is 1. The minimum atomic E-state index is -0.115. The van der Waals surface area contributed by atoms with E-state index in [1.807, 2.05) is 6.07 Å². The highest BCUT2D eigenvalue weighted by atomic mass is 19.1. The quantitative estimate of drug-likeness (QED) is 0.804. The van der Waals surface area contributed by atoms with Crippen LogP contribution in [0.5, 0.6) is 0 Å². The predicted molar refractivity (Wildman–Crippen MR) is 60.7 cm³/mol. The molecule has 0 unspecified atom stereocenters. The lowest BCUT2D eigenvalue weighted by Gasteiger charge is -2.21. The lowest BCUT2D eigenvalue weighted by molar-refractivity contribution is 0.511. The normalized spacial score (nSPS) is 18.0. The van der Waals surface area contributed by atoms with Crippen LogP contribution in [0, 0.1) is 5.82 Å². The molecule has 0 saturated carbocycles. The molecule has 1 aromatic carbocycles. The third kappa shape index (κ3) is 1.61. The molecule has 0 aliphatic carbocycles. The predicted octanol–water partition coefficient (Wildman–Crippen LogP) is 1.88. The summed E-state index contributed by atoms with van der Waals surface area (Å²) >= 11 is 0. The maximum atomic E-state index is 13.7. The van der Waals surface area contributed by atoms with Gasteiger partial charge in [-0.25, -0.2) is 4.39 Å². The Labute approximate surface area is 89.9 Å². The average Bonchev–Trinajstić information content (AvgIpc) is 2.40. The van der Waals surface area contributed by atoms with Crippen molar-refractivity contribution in [2.75, 3.05) is 24.5 Å². The van der Waals surface area contributed by atoms with Gasteiger partial charge in [0, 0.05) is 36.3 Å². The first-order valence-electron chi connectivity index (χ1n) is 5.30. The first-order valence-corrected chi connectivity index (χ1v) is 5.30. The van der Waals surface area contributed by atoms with Gasteiger partial charge in [0.1, 0.15) is 5.82 Å². The van der Waals surface area contributed by atoms with Gasteiger partial charge < -0.3 is 10.6 Å². The number of rotatable bonds is 2. The largest absolute Gasteiger partial charge is 0.369 e. The van der Waals surface area contributed by atoms with Gasteiger partial charge in [0.15, 0.2) is 0 Å². The highest BCUT2D eigenvalue weighted by Gasteiger charge is 2.36. The average molecular weight is 208 g/mol. The van der Waals surface area contributed by atoms with Crippen LogP contribution in [0.2, 0.25) is 0 Å². The Morgan fingerprint density at radius 3 is 2.87 bits per heavy atom. The van der Waals surface area contributed by atoms with Crippen molar-refractivity contribution in [1.29, 1.82) is 0 Å². The zero-order chi connectivity index (χ0) is 11.1. The summed E-state index contributed by atoms with van der Waals surface area (Å²) in [6.45, 7) is 6.39. The van der Waals surface area contributed by atoms with Crippen LogP contribution in [-0.2, 0) is 5.41 Å². The number of halogens is 1. The third-order valence-corrected chi connectivity index (χ3v) is 2.99. The molecule has 15 heavy (non-hydrogen) atoms. The molecule has 1 aromatic rings. The number of benzene rings is 1. The molecule has 0 saturated heterocycles. The molecule has 0 aromatic heterocycles. The zero-order valence-electron chi connectivity index (χ0n) is 9.26. The smallest absolute Gasteiger partial charge is 0.129 e. The van der Waals surface area contributed by atoms with Crippen molar-refractivity contribution in [2.45, 2.75) is 19.3 Å². The highest BCUT2D eigenvalue weighted by molar-refractivity contribution is 5.62. The van der Waals surface area contributed by atoms with Crippen molar-refractivity contribution >= 4 is 5.69 Å². The summed E-state index contributed by atoms with van der Waals surface area (Å²) in [5.41, 5.74) is 7.28. The Hall–Kier alpha value is -1.09. The summed E-state index contributed by atoms with van der Waals surface area (Å²) in [5.74, 6) is -0.1000. The summed E-state index contributed by atoms with van der Waals surface area (Å²) in [5, 5.41) is 0. The van der Waals surface area contributed by atoms with Crippen LogP contribution in [-0.4, -0.2) is 19.6 Å². The van der Waals surface area contributed by atoms with E-state index in [9.17, 15) is 4.39 Å². The van der Waals surface area contributed by atoms with Crippen molar-refractivity contribution in [3.8, 4) is 0 Å². The molecule has 0 bridgehead atoms. The van der Waals surface area contributed by atoms with E-state index >= 15 is 0 Å². The monoisotopic (exact) mass is 208 g/mol. The molecular weight excluding hydrogens is 191 g/mol. The van der Waals surface area contributed by atoms with Crippen LogP contribution in [0.25, 0.3) is 0 Å². The van der Waals surface area contributed by atoms with Crippen LogP contribution in [0.4, 0.5) is 10.1 Å². The molecule has 2 rings (SSSR count). The van der Waals surface area contributed by atoms with Crippen molar-refractivity contribution in [3.63, 3.8) is 0 Å². The summed E-state index contributed by atoms with van der Waals surface area (Å²) in [4.78, 5) is 2.17. The lowest BCUT2D eigenvalue weighted by atomic mass is 9.86. The molecule has 82 valence electrons. The van der Waals surface area contributed by atoms with E-state index in [1.165, 1.54) is 6.07 Å². The van der Waals surface area contributed by atoms with Gasteiger partial charge in [0.05, 0.1) is 0 Å². The molecule has 0 amide bonds. The zero-order valence-corrected chi connectivity index (χ0v) is 9.26. The fourth-order valence-electron chi connectivity index (χ4n) is 2.44. The molecule has 2 N–H and O–H groups in total. The van der Waals surface area contributed by atoms with E-state index in [0.717, 1.165) is 24.3 Å². The van der Waals surface area contributed by atoms with Crippen LogP contribution < -0.4 is 10.6 Å². The van der Waals surface area contributed by atoms with Gasteiger partial charge in [-0.3, -0.25) is 0 Å². The van der Waals surface area contributed by atoms with Crippen molar-refractivity contribution in [3.05, 3.63) is 29.6 Å². The van der Waals surface area contributed by atoms with Crippen LogP contribution in [0.15, 0.2) is 18.2 Å². The van der Waals surface area contributed by atoms with Crippen molar-refractivity contribution < 1.29 is 4.39 Å². The van der Waals surface area contributed by atoms with Gasteiger partial charge in [-0.15, -0.1) is 0 Å². The molecule has 1 heterocycles. The topological polar surface area (TPSA) is 29.3 Å². The molecule has 0 spiro atoms. The van der Waals surface area contributed by atoms with E-state index in [2.05, 4.69) is 18.7 Å². The second kappa shape index (κ2) is 3.49. The SMILES string of the molecule is CC1(C)CN(CCN)c2cccc(F)c21. The number of hydrogen-bond donors (Lipinski definition) is 1. The number of fused-ring (bicyclic) bond motifs is 1. The van der Waals surface area contributed by atoms with Crippen molar-refractivity contribution in [2.24, 2.45) is 5.73 Å². The number of hydrogen-bond acceptors (Lipinski definition) is 2. The maximum Gasteiger partial charge on any atom is 0.129 e. The van der Waals surface area contributed by atoms with Gasteiger partial charge in [0.2, 0.25) is 0 Å². The Morgan fingerprint density at radius 2 is 2.20 bits per heavy atom. The van der Waals surface area contributed by atoms with E-state index in [1.54, 1.807) is 6.07 Å². The van der Waals surface area contributed by atoms with E-state index in [-0.39, 0.29) is 11.2 Å². The minimum Gasteiger partial charge on any atom is -0.369 e. The maximum absolute atomic E-state index is 13.7. The molecular formula is C12H17FN2. The van der Waals surface area contributed by atoms with Gasteiger partial charge in [0.25, 0.3) is 0 Å². The number of nitrogens with zero attached hydrogens (tertiary/aromatic N) is 1. The Kier molecular flexibility index (Phi) is 2.43. The molecule has 0 atom stereocenters. The molecule has 0 fully saturated rings. The Balaban J connectivity index is 2.48. The van der Waals surface area contributed by atoms with Crippen LogP contribution in [0.1, 0.15) is 19.4 Å². The van der Waals surface area contributed by atoms with Gasteiger partial charge in [-0.2, -0.15) is 0 Å². The minimum absolute atomic E-state index is 0.1000. The first-order chi connectivity index (χ1) is 7.06. The Morgan fingerprint density at radius 1 is 1.47 bits per heavy atom. The Bertz CT molecular complexity index is 374. The van der Waals surface area contributed by atoms with E-state index in [4.69, 9.17) is 5.73 Å². The summed E-state index contributed by atoms with van der Waals surface area (Å²) in [7, 11) is 0. The van der Waals surface area contributed by atoms with Crippen LogP contribution in [0.3, 0.4) is 0 Å². The van der Waals surface area contributed by atoms with Gasteiger partial charge in [-0.05, 0) is 12.1 Å². The van der Waals surface area contributed by atoms with E-state index in [0.29, 0.717) is 6.54 Å². The summed E-state index contributed by atoms with van der Waals surface area (Å²) in [6.07, 6.45) is 0. The third-order valence-electron chi connectivity index (χ3n) is 2.99. The van der Waals surface area contributed by atoms with Crippen molar-refractivity contribution in [1.82, 2.24) is 0 Å². The van der Waals surface area contributed by atoms with E-state index < -0.39 is 0 Å². The molecule has 1 aliphatic heterocycles. The highest BCUT2D eigenvalue weighted by Crippen LogP contribution is 2.41. The second-order valence-electron chi connectivity index (χ2n) is 4.73. The van der Waals surface area contributed by atoms with Gasteiger partial charge in [-0.1, -0.05) is 19.9 Å². The first kappa shape index (κ1) is 10.4. The standard InChI is InChI=1S/C12H17FN2/c1-12(2)8-15(7-6-14)10-5-3-4-9(13)11(10)12/h3-5H,6-8,14H2,1-2H3. The van der Waals surface area contributed by atoms with Crippen LogP contribution >= 0.6 is 0 Å². The fourth-order valence-corrected chi connectivity index (χ4v) is 2.44. The fraction of sp³-hybridized carbons (Fsp3) is 0.500. The summed E-state index contributed by atoms with van der Waals surface area (Å²) < 4.78 is 13.7. The molecule has 2 nitrogen and oxygen atoms in total. The molecule has 1 aliphatic rings. The van der Waals surface area contributed by atoms with Gasteiger partial charge >= 0.3 is 0 Å².